The highest BCUT2D eigenvalue weighted by Crippen LogP contribution is 2.17. The number of aryl methyl sites for hydroxylation is 1. The lowest BCUT2D eigenvalue weighted by Crippen LogP contribution is -2.19. The number of H-pyrrole nitrogens is 1. The summed E-state index contributed by atoms with van der Waals surface area (Å²) in [6.07, 6.45) is 0. The quantitative estimate of drug-likeness (QED) is 0.823. The van der Waals surface area contributed by atoms with Crippen molar-refractivity contribution in [2.24, 2.45) is 0 Å². The fraction of sp³-hybridized carbons (Fsp3) is 0.312. The average molecular weight is 272 g/mol. The summed E-state index contributed by atoms with van der Waals surface area (Å²) in [6.45, 7) is 4.91. The number of hydrogen-bond acceptors (Lipinski definition) is 3. The number of methoxy groups -OCH3 is 1. The van der Waals surface area contributed by atoms with Crippen molar-refractivity contribution >= 4 is 5.97 Å². The summed E-state index contributed by atoms with van der Waals surface area (Å²) in [5.74, 6) is -0.344. The van der Waals surface area contributed by atoms with Crippen LogP contribution < -0.4 is 5.32 Å². The van der Waals surface area contributed by atoms with Gasteiger partial charge >= 0.3 is 5.97 Å². The first-order valence-electron chi connectivity index (χ1n) is 6.67. The number of hydrogen-bond donors (Lipinski definition) is 2. The molecule has 0 aliphatic rings. The number of carbonyl (C=O) groups is 1. The van der Waals surface area contributed by atoms with E-state index in [1.165, 1.54) is 18.2 Å². The molecule has 0 radical (unpaired) electrons. The zero-order valence-corrected chi connectivity index (χ0v) is 12.1. The molecule has 4 heteroatoms. The van der Waals surface area contributed by atoms with Crippen LogP contribution in [0.1, 0.15) is 40.3 Å². The van der Waals surface area contributed by atoms with E-state index in [0.717, 1.165) is 5.69 Å². The van der Waals surface area contributed by atoms with E-state index in [1.54, 1.807) is 6.07 Å². The van der Waals surface area contributed by atoms with Crippen molar-refractivity contribution in [1.29, 1.82) is 0 Å². The molecule has 1 atom stereocenters. The summed E-state index contributed by atoms with van der Waals surface area (Å²) in [6, 6.07) is 12.2. The molecule has 0 aliphatic carbocycles. The van der Waals surface area contributed by atoms with Crippen molar-refractivity contribution in [1.82, 2.24) is 10.3 Å². The van der Waals surface area contributed by atoms with Crippen molar-refractivity contribution in [2.75, 3.05) is 7.11 Å². The van der Waals surface area contributed by atoms with E-state index in [-0.39, 0.29) is 12.0 Å². The number of rotatable bonds is 5. The Morgan fingerprint density at radius 2 is 2.05 bits per heavy atom. The van der Waals surface area contributed by atoms with Gasteiger partial charge in [-0.2, -0.15) is 0 Å². The molecule has 2 aromatic rings. The molecule has 0 aliphatic heterocycles. The van der Waals surface area contributed by atoms with E-state index >= 15 is 0 Å². The molecule has 1 aromatic heterocycles. The fourth-order valence-electron chi connectivity index (χ4n) is 2.22. The van der Waals surface area contributed by atoms with E-state index in [1.807, 2.05) is 18.2 Å². The molecule has 0 fully saturated rings. The van der Waals surface area contributed by atoms with Gasteiger partial charge in [0.1, 0.15) is 5.69 Å². The standard InChI is InChI=1S/C16H20N2O2/c1-11-6-4-5-7-14(11)12(2)17-10-13-8-9-15(18-13)16(19)20-3/h4-9,12,17-18H,10H2,1-3H3. The number of carbonyl (C=O) groups excluding carboxylic acids is 1. The third-order valence-corrected chi connectivity index (χ3v) is 3.41. The third kappa shape index (κ3) is 3.27. The summed E-state index contributed by atoms with van der Waals surface area (Å²) in [7, 11) is 1.38. The predicted molar refractivity (Wildman–Crippen MR) is 78.6 cm³/mol. The van der Waals surface area contributed by atoms with Gasteiger partial charge < -0.3 is 15.0 Å². The molecule has 0 amide bonds. The predicted octanol–water partition coefficient (Wildman–Crippen LogP) is 2.96. The van der Waals surface area contributed by atoms with Crippen molar-refractivity contribution in [3.63, 3.8) is 0 Å². The molecule has 0 saturated heterocycles. The number of ether oxygens (including phenoxy) is 1. The highest BCUT2D eigenvalue weighted by atomic mass is 16.5. The van der Waals surface area contributed by atoms with Gasteiger partial charge in [0.15, 0.2) is 0 Å². The Hall–Kier alpha value is -2.07. The van der Waals surface area contributed by atoms with Crippen LogP contribution in [0, 0.1) is 6.92 Å². The molecule has 0 bridgehead atoms. The Morgan fingerprint density at radius 1 is 1.30 bits per heavy atom. The van der Waals surface area contributed by atoms with Crippen LogP contribution in [0.3, 0.4) is 0 Å². The smallest absolute Gasteiger partial charge is 0.354 e. The highest BCUT2D eigenvalue weighted by Gasteiger charge is 2.10. The van der Waals surface area contributed by atoms with E-state index < -0.39 is 0 Å². The van der Waals surface area contributed by atoms with Crippen LogP contribution in [0.4, 0.5) is 0 Å². The summed E-state index contributed by atoms with van der Waals surface area (Å²) in [5.41, 5.74) is 4.00. The zero-order valence-electron chi connectivity index (χ0n) is 12.1. The van der Waals surface area contributed by atoms with Gasteiger partial charge in [0.2, 0.25) is 0 Å². The third-order valence-electron chi connectivity index (χ3n) is 3.41. The second-order valence-corrected chi connectivity index (χ2v) is 4.85. The largest absolute Gasteiger partial charge is 0.464 e. The lowest BCUT2D eigenvalue weighted by Gasteiger charge is -2.16. The van der Waals surface area contributed by atoms with Crippen molar-refractivity contribution in [3.8, 4) is 0 Å². The minimum atomic E-state index is -0.344. The first kappa shape index (κ1) is 14.3. The van der Waals surface area contributed by atoms with Gasteiger partial charge in [0.25, 0.3) is 0 Å². The normalized spacial score (nSPS) is 12.2. The Kier molecular flexibility index (Phi) is 4.58. The van der Waals surface area contributed by atoms with Crippen LogP contribution >= 0.6 is 0 Å². The number of esters is 1. The minimum Gasteiger partial charge on any atom is -0.464 e. The topological polar surface area (TPSA) is 54.1 Å². The maximum absolute atomic E-state index is 11.4. The molecule has 1 aromatic carbocycles. The monoisotopic (exact) mass is 272 g/mol. The Bertz CT molecular complexity index is 590. The van der Waals surface area contributed by atoms with E-state index in [2.05, 4.69) is 41.0 Å². The van der Waals surface area contributed by atoms with E-state index in [9.17, 15) is 4.79 Å². The first-order valence-corrected chi connectivity index (χ1v) is 6.67. The maximum Gasteiger partial charge on any atom is 0.354 e. The summed E-state index contributed by atoms with van der Waals surface area (Å²) in [5, 5.41) is 3.44. The van der Waals surface area contributed by atoms with Gasteiger partial charge in [-0.1, -0.05) is 24.3 Å². The highest BCUT2D eigenvalue weighted by molar-refractivity contribution is 5.87. The Balaban J connectivity index is 1.97. The van der Waals surface area contributed by atoms with Gasteiger partial charge in [0.05, 0.1) is 7.11 Å². The van der Waals surface area contributed by atoms with Gasteiger partial charge in [0, 0.05) is 18.3 Å². The lowest BCUT2D eigenvalue weighted by molar-refractivity contribution is 0.0594. The summed E-state index contributed by atoms with van der Waals surface area (Å²) in [4.78, 5) is 14.4. The molecule has 20 heavy (non-hydrogen) atoms. The van der Waals surface area contributed by atoms with Gasteiger partial charge in [-0.15, -0.1) is 0 Å². The molecule has 1 heterocycles. The van der Waals surface area contributed by atoms with Gasteiger partial charge in [-0.05, 0) is 37.1 Å². The molecule has 0 saturated carbocycles. The van der Waals surface area contributed by atoms with Crippen LogP contribution in [0.25, 0.3) is 0 Å². The number of aromatic nitrogens is 1. The molecular formula is C16H20N2O2. The number of aromatic amines is 1. The van der Waals surface area contributed by atoms with Crippen molar-refractivity contribution in [2.45, 2.75) is 26.4 Å². The maximum atomic E-state index is 11.4. The number of nitrogens with one attached hydrogen (secondary N) is 2. The van der Waals surface area contributed by atoms with Crippen LogP contribution in [-0.2, 0) is 11.3 Å². The molecular weight excluding hydrogens is 252 g/mol. The van der Waals surface area contributed by atoms with Gasteiger partial charge in [-0.25, -0.2) is 4.79 Å². The molecule has 1 unspecified atom stereocenters. The van der Waals surface area contributed by atoms with Crippen molar-refractivity contribution < 1.29 is 9.53 Å². The molecule has 4 nitrogen and oxygen atoms in total. The van der Waals surface area contributed by atoms with Crippen molar-refractivity contribution in [3.05, 3.63) is 58.9 Å². The van der Waals surface area contributed by atoms with Crippen LogP contribution in [0.15, 0.2) is 36.4 Å². The van der Waals surface area contributed by atoms with Crippen LogP contribution in [0.2, 0.25) is 0 Å². The molecule has 0 spiro atoms. The number of benzene rings is 1. The molecule has 2 rings (SSSR count). The second-order valence-electron chi connectivity index (χ2n) is 4.85. The Morgan fingerprint density at radius 3 is 2.75 bits per heavy atom. The van der Waals surface area contributed by atoms with E-state index in [4.69, 9.17) is 0 Å². The van der Waals surface area contributed by atoms with Crippen LogP contribution in [-0.4, -0.2) is 18.1 Å². The minimum absolute atomic E-state index is 0.251. The summed E-state index contributed by atoms with van der Waals surface area (Å²) < 4.78 is 4.67. The zero-order chi connectivity index (χ0) is 14.5. The first-order chi connectivity index (χ1) is 9.61. The molecule has 106 valence electrons. The molecule has 2 N–H and O–H groups in total. The fourth-order valence-corrected chi connectivity index (χ4v) is 2.22. The van der Waals surface area contributed by atoms with Gasteiger partial charge in [-0.3, -0.25) is 0 Å². The SMILES string of the molecule is COC(=O)c1ccc(CNC(C)c2ccccc2C)[nH]1. The lowest BCUT2D eigenvalue weighted by atomic mass is 10.0. The average Bonchev–Trinajstić information content (AvgIpc) is 2.93. The van der Waals surface area contributed by atoms with E-state index in [0.29, 0.717) is 12.2 Å². The summed E-state index contributed by atoms with van der Waals surface area (Å²) >= 11 is 0. The Labute approximate surface area is 119 Å². The van der Waals surface area contributed by atoms with Crippen LogP contribution in [0.5, 0.6) is 0 Å². The second kappa shape index (κ2) is 6.39.